The number of anilines is 2. The monoisotopic (exact) mass is 373 g/mol. The van der Waals surface area contributed by atoms with Crippen LogP contribution < -0.4 is 9.47 Å². The van der Waals surface area contributed by atoms with E-state index in [4.69, 9.17) is 0 Å². The first-order chi connectivity index (χ1) is 13.2. The van der Waals surface area contributed by atoms with Gasteiger partial charge in [0.15, 0.2) is 12.4 Å². The molecule has 2 aromatic carbocycles. The molecular formula is C24H25N2S+. The molecular weight excluding hydrogens is 348 g/mol. The average molecular weight is 374 g/mol. The fraction of sp³-hybridized carbons (Fsp3) is 0.208. The Labute approximate surface area is 166 Å². The molecule has 3 heteroatoms. The van der Waals surface area contributed by atoms with Crippen molar-refractivity contribution in [1.29, 1.82) is 0 Å². The number of para-hydroxylation sites is 1. The van der Waals surface area contributed by atoms with Crippen LogP contribution >= 0.6 is 11.8 Å². The van der Waals surface area contributed by atoms with E-state index in [0.29, 0.717) is 0 Å². The van der Waals surface area contributed by atoms with E-state index in [1.807, 2.05) is 11.8 Å². The normalized spacial score (nSPS) is 12.9. The third kappa shape index (κ3) is 3.93. The zero-order valence-corrected chi connectivity index (χ0v) is 16.7. The molecule has 0 bridgehead atoms. The van der Waals surface area contributed by atoms with Crippen LogP contribution in [0, 0.1) is 0 Å². The highest BCUT2D eigenvalue weighted by Gasteiger charge is 2.19. The lowest BCUT2D eigenvalue weighted by Crippen LogP contribution is -2.32. The van der Waals surface area contributed by atoms with Gasteiger partial charge >= 0.3 is 0 Å². The molecule has 136 valence electrons. The Morgan fingerprint density at radius 2 is 1.63 bits per heavy atom. The summed E-state index contributed by atoms with van der Waals surface area (Å²) in [4.78, 5) is 4.90. The predicted octanol–water partition coefficient (Wildman–Crippen LogP) is 6.18. The molecule has 0 amide bonds. The Hall–Kier alpha value is -2.52. The van der Waals surface area contributed by atoms with Gasteiger partial charge in [-0.05, 0) is 35.4 Å². The number of hydrogen-bond donors (Lipinski definition) is 0. The van der Waals surface area contributed by atoms with Crippen molar-refractivity contribution in [2.45, 2.75) is 36.1 Å². The number of aromatic nitrogens is 1. The van der Waals surface area contributed by atoms with E-state index in [0.717, 1.165) is 6.54 Å². The Morgan fingerprint density at radius 3 is 2.44 bits per heavy atom. The predicted molar refractivity (Wildman–Crippen MR) is 116 cm³/mol. The molecule has 0 unspecified atom stereocenters. The molecule has 2 heterocycles. The standard InChI is InChI=1S/C24H25N2S/c1-3-4-15-26-16-13-19(14-17-26)9-10-20-11-12-22-24(18-20)27-23-8-6-5-7-21(23)25(22)2/h5-14,16-18H,3-4,15H2,1-2H3/q+1. The van der Waals surface area contributed by atoms with Crippen molar-refractivity contribution in [3.8, 4) is 0 Å². The third-order valence-corrected chi connectivity index (χ3v) is 6.06. The zero-order valence-electron chi connectivity index (χ0n) is 15.9. The molecule has 2 nitrogen and oxygen atoms in total. The molecule has 0 saturated carbocycles. The minimum Gasteiger partial charge on any atom is -0.343 e. The molecule has 0 radical (unpaired) electrons. The Kier molecular flexibility index (Phi) is 5.30. The maximum Gasteiger partial charge on any atom is 0.169 e. The number of hydrogen-bond acceptors (Lipinski definition) is 2. The first kappa shape index (κ1) is 17.9. The van der Waals surface area contributed by atoms with E-state index in [2.05, 4.69) is 103 Å². The maximum atomic E-state index is 2.29. The maximum absolute atomic E-state index is 2.29. The van der Waals surface area contributed by atoms with Crippen LogP contribution in [0.5, 0.6) is 0 Å². The number of pyridine rings is 1. The van der Waals surface area contributed by atoms with Crippen molar-refractivity contribution in [3.63, 3.8) is 0 Å². The lowest BCUT2D eigenvalue weighted by molar-refractivity contribution is -0.697. The molecule has 0 aliphatic carbocycles. The van der Waals surface area contributed by atoms with Gasteiger partial charge < -0.3 is 4.90 Å². The lowest BCUT2D eigenvalue weighted by Gasteiger charge is -2.29. The summed E-state index contributed by atoms with van der Waals surface area (Å²) < 4.78 is 2.25. The highest BCUT2D eigenvalue weighted by atomic mass is 32.2. The number of unbranched alkanes of at least 4 members (excludes halogenated alkanes) is 1. The summed E-state index contributed by atoms with van der Waals surface area (Å²) in [6.45, 7) is 3.32. The SMILES string of the molecule is CCCC[n+]1ccc(/C=C/c2ccc3c(c2)Sc2ccccc2N3C)cc1. The van der Waals surface area contributed by atoms with Gasteiger partial charge in [0.2, 0.25) is 0 Å². The van der Waals surface area contributed by atoms with Crippen molar-refractivity contribution in [3.05, 3.63) is 78.1 Å². The van der Waals surface area contributed by atoms with Crippen LogP contribution in [0.3, 0.4) is 0 Å². The summed E-state index contributed by atoms with van der Waals surface area (Å²) in [6, 6.07) is 19.7. The van der Waals surface area contributed by atoms with Gasteiger partial charge in [-0.25, -0.2) is 4.57 Å². The fourth-order valence-electron chi connectivity index (χ4n) is 3.32. The molecule has 1 aromatic heterocycles. The molecule has 3 aromatic rings. The minimum atomic E-state index is 1.09. The zero-order chi connectivity index (χ0) is 18.6. The van der Waals surface area contributed by atoms with Crippen LogP contribution in [0.2, 0.25) is 0 Å². The second kappa shape index (κ2) is 8.01. The van der Waals surface area contributed by atoms with Crippen molar-refractivity contribution in [1.82, 2.24) is 0 Å². The summed E-state index contributed by atoms with van der Waals surface area (Å²) in [5, 5.41) is 0. The van der Waals surface area contributed by atoms with Gasteiger partial charge in [0.1, 0.15) is 6.54 Å². The third-order valence-electron chi connectivity index (χ3n) is 4.95. The van der Waals surface area contributed by atoms with Crippen LogP contribution in [0.15, 0.2) is 76.8 Å². The topological polar surface area (TPSA) is 7.12 Å². The second-order valence-corrected chi connectivity index (χ2v) is 8.00. The number of rotatable bonds is 5. The Bertz CT molecular complexity index is 960. The molecule has 0 saturated heterocycles. The molecule has 4 rings (SSSR count). The van der Waals surface area contributed by atoms with E-state index in [1.54, 1.807) is 0 Å². The summed E-state index contributed by atoms with van der Waals surface area (Å²) in [5.74, 6) is 0. The molecule has 0 spiro atoms. The fourth-order valence-corrected chi connectivity index (χ4v) is 4.52. The first-order valence-corrected chi connectivity index (χ1v) is 10.4. The number of fused-ring (bicyclic) bond motifs is 2. The second-order valence-electron chi connectivity index (χ2n) is 6.91. The Morgan fingerprint density at radius 1 is 0.889 bits per heavy atom. The van der Waals surface area contributed by atoms with Crippen molar-refractivity contribution in [2.24, 2.45) is 0 Å². The molecule has 27 heavy (non-hydrogen) atoms. The van der Waals surface area contributed by atoms with Crippen LogP contribution in [0.25, 0.3) is 12.2 Å². The lowest BCUT2D eigenvalue weighted by atomic mass is 10.1. The first-order valence-electron chi connectivity index (χ1n) is 9.56. The average Bonchev–Trinajstić information content (AvgIpc) is 2.71. The smallest absolute Gasteiger partial charge is 0.169 e. The molecule has 1 aliphatic rings. The van der Waals surface area contributed by atoms with Gasteiger partial charge in [0.05, 0.1) is 11.4 Å². The van der Waals surface area contributed by atoms with E-state index >= 15 is 0 Å². The van der Waals surface area contributed by atoms with Crippen molar-refractivity contribution < 1.29 is 4.57 Å². The highest BCUT2D eigenvalue weighted by molar-refractivity contribution is 7.99. The summed E-state index contributed by atoms with van der Waals surface area (Å²) in [7, 11) is 2.14. The number of nitrogens with zero attached hydrogens (tertiary/aromatic N) is 2. The van der Waals surface area contributed by atoms with Gasteiger partial charge in [-0.2, -0.15) is 0 Å². The summed E-state index contributed by atoms with van der Waals surface area (Å²) in [6.07, 6.45) is 11.2. The van der Waals surface area contributed by atoms with E-state index in [-0.39, 0.29) is 0 Å². The van der Waals surface area contributed by atoms with Crippen molar-refractivity contribution in [2.75, 3.05) is 11.9 Å². The largest absolute Gasteiger partial charge is 0.343 e. The summed E-state index contributed by atoms with van der Waals surface area (Å²) >= 11 is 1.85. The Balaban J connectivity index is 1.52. The summed E-state index contributed by atoms with van der Waals surface area (Å²) in [5.41, 5.74) is 5.01. The van der Waals surface area contributed by atoms with Gasteiger partial charge in [-0.15, -0.1) is 0 Å². The van der Waals surface area contributed by atoms with E-state index in [1.165, 1.54) is 45.1 Å². The number of benzene rings is 2. The van der Waals surface area contributed by atoms with Crippen LogP contribution in [-0.2, 0) is 6.54 Å². The minimum absolute atomic E-state index is 1.09. The number of aryl methyl sites for hydroxylation is 1. The van der Waals surface area contributed by atoms with Crippen molar-refractivity contribution >= 4 is 35.3 Å². The van der Waals surface area contributed by atoms with E-state index < -0.39 is 0 Å². The van der Waals surface area contributed by atoms with Crippen LogP contribution in [0.4, 0.5) is 11.4 Å². The van der Waals surface area contributed by atoms with Gasteiger partial charge in [-0.1, -0.05) is 55.5 Å². The van der Waals surface area contributed by atoms with Gasteiger partial charge in [-0.3, -0.25) is 0 Å². The molecule has 0 fully saturated rings. The molecule has 0 atom stereocenters. The van der Waals surface area contributed by atoms with E-state index in [9.17, 15) is 0 Å². The highest BCUT2D eigenvalue weighted by Crippen LogP contribution is 2.47. The molecule has 0 N–H and O–H groups in total. The van der Waals surface area contributed by atoms with Gasteiger partial charge in [0, 0.05) is 35.4 Å². The van der Waals surface area contributed by atoms with Crippen LogP contribution in [-0.4, -0.2) is 7.05 Å². The quantitative estimate of drug-likeness (QED) is 0.493. The van der Waals surface area contributed by atoms with Crippen LogP contribution in [0.1, 0.15) is 30.9 Å². The van der Waals surface area contributed by atoms with Gasteiger partial charge in [0.25, 0.3) is 0 Å². The molecule has 1 aliphatic heterocycles.